The second-order valence-electron chi connectivity index (χ2n) is 6.71. The van der Waals surface area contributed by atoms with Gasteiger partial charge in [0.05, 0.1) is 11.2 Å². The lowest BCUT2D eigenvalue weighted by molar-refractivity contribution is 0.146. The molecule has 3 heterocycles. The first-order valence-corrected chi connectivity index (χ1v) is 9.72. The van der Waals surface area contributed by atoms with E-state index in [0.717, 1.165) is 50.9 Å². The SMILES string of the molecule is O=C(NCCCn1cc(Cl)cn1)N1CCCCC1CCc1ccccn1. The number of urea groups is 1. The Morgan fingerprint density at radius 3 is 3.04 bits per heavy atom. The molecule has 0 aromatic carbocycles. The molecule has 1 unspecified atom stereocenters. The van der Waals surface area contributed by atoms with Crippen LogP contribution in [0.2, 0.25) is 5.02 Å². The summed E-state index contributed by atoms with van der Waals surface area (Å²) >= 11 is 5.85. The number of nitrogens with zero attached hydrogens (tertiary/aromatic N) is 4. The number of carbonyl (C=O) groups excluding carboxylic acids is 1. The number of halogens is 1. The van der Waals surface area contributed by atoms with Gasteiger partial charge in [0.25, 0.3) is 0 Å². The van der Waals surface area contributed by atoms with E-state index in [0.29, 0.717) is 17.6 Å². The Kier molecular flexibility index (Phi) is 6.89. The molecular weight excluding hydrogens is 350 g/mol. The summed E-state index contributed by atoms with van der Waals surface area (Å²) in [5.41, 5.74) is 1.09. The van der Waals surface area contributed by atoms with Crippen molar-refractivity contribution in [2.45, 2.75) is 51.1 Å². The van der Waals surface area contributed by atoms with Crippen molar-refractivity contribution in [2.75, 3.05) is 13.1 Å². The zero-order valence-corrected chi connectivity index (χ0v) is 15.7. The molecule has 3 rings (SSSR count). The van der Waals surface area contributed by atoms with Gasteiger partial charge in [0.15, 0.2) is 0 Å². The van der Waals surface area contributed by atoms with Gasteiger partial charge >= 0.3 is 6.03 Å². The second-order valence-corrected chi connectivity index (χ2v) is 7.15. The highest BCUT2D eigenvalue weighted by atomic mass is 35.5. The van der Waals surface area contributed by atoms with Gasteiger partial charge in [-0.3, -0.25) is 9.67 Å². The van der Waals surface area contributed by atoms with Crippen molar-refractivity contribution < 1.29 is 4.79 Å². The first-order chi connectivity index (χ1) is 12.7. The molecule has 6 nitrogen and oxygen atoms in total. The number of aromatic nitrogens is 3. The van der Waals surface area contributed by atoms with Crippen LogP contribution in [0.4, 0.5) is 4.79 Å². The number of pyridine rings is 1. The molecule has 1 aliphatic rings. The van der Waals surface area contributed by atoms with Crippen molar-refractivity contribution in [1.29, 1.82) is 0 Å². The fourth-order valence-corrected chi connectivity index (χ4v) is 3.58. The molecule has 0 saturated carbocycles. The number of likely N-dealkylation sites (tertiary alicyclic amines) is 1. The van der Waals surface area contributed by atoms with Gasteiger partial charge in [-0.05, 0) is 50.7 Å². The van der Waals surface area contributed by atoms with Crippen LogP contribution in [0.25, 0.3) is 0 Å². The molecule has 1 N–H and O–H groups in total. The minimum Gasteiger partial charge on any atom is -0.338 e. The van der Waals surface area contributed by atoms with Crippen molar-refractivity contribution >= 4 is 17.6 Å². The van der Waals surface area contributed by atoms with E-state index in [1.807, 2.05) is 23.2 Å². The lowest BCUT2D eigenvalue weighted by atomic mass is 9.97. The molecule has 0 bridgehead atoms. The number of carbonyl (C=O) groups is 1. The van der Waals surface area contributed by atoms with E-state index in [9.17, 15) is 4.79 Å². The Balaban J connectivity index is 1.43. The maximum Gasteiger partial charge on any atom is 0.317 e. The Bertz CT molecular complexity index is 690. The zero-order chi connectivity index (χ0) is 18.2. The van der Waals surface area contributed by atoms with Gasteiger partial charge in [-0.25, -0.2) is 4.79 Å². The first-order valence-electron chi connectivity index (χ1n) is 9.35. The van der Waals surface area contributed by atoms with E-state index in [1.165, 1.54) is 6.42 Å². The number of amides is 2. The van der Waals surface area contributed by atoms with Crippen LogP contribution in [0.5, 0.6) is 0 Å². The second kappa shape index (κ2) is 9.57. The minimum absolute atomic E-state index is 0.0502. The van der Waals surface area contributed by atoms with Crippen LogP contribution < -0.4 is 5.32 Å². The Labute approximate surface area is 159 Å². The summed E-state index contributed by atoms with van der Waals surface area (Å²) in [5.74, 6) is 0. The summed E-state index contributed by atoms with van der Waals surface area (Å²) in [7, 11) is 0. The minimum atomic E-state index is 0.0502. The third-order valence-electron chi connectivity index (χ3n) is 4.79. The van der Waals surface area contributed by atoms with Crippen molar-refractivity contribution in [3.05, 3.63) is 47.5 Å². The standard InChI is InChI=1S/C19H26ClN5O/c20-16-14-23-24(15-16)12-5-11-22-19(26)25-13-4-2-7-18(25)9-8-17-6-1-3-10-21-17/h1,3,6,10,14-15,18H,2,4-5,7-9,11-13H2,(H,22,26). The third kappa shape index (κ3) is 5.46. The molecule has 2 aromatic rings. The third-order valence-corrected chi connectivity index (χ3v) is 4.98. The summed E-state index contributed by atoms with van der Waals surface area (Å²) < 4.78 is 1.80. The lowest BCUT2D eigenvalue weighted by Crippen LogP contribution is -2.49. The van der Waals surface area contributed by atoms with E-state index in [2.05, 4.69) is 21.5 Å². The van der Waals surface area contributed by atoms with Crippen LogP contribution in [-0.4, -0.2) is 44.8 Å². The molecule has 7 heteroatoms. The van der Waals surface area contributed by atoms with Crippen LogP contribution >= 0.6 is 11.6 Å². The lowest BCUT2D eigenvalue weighted by Gasteiger charge is -2.35. The van der Waals surface area contributed by atoms with E-state index in [1.54, 1.807) is 17.1 Å². The highest BCUT2D eigenvalue weighted by Crippen LogP contribution is 2.21. The van der Waals surface area contributed by atoms with Gasteiger partial charge in [-0.2, -0.15) is 5.10 Å². The Hall–Kier alpha value is -2.08. The number of nitrogens with one attached hydrogen (secondary N) is 1. The molecule has 1 saturated heterocycles. The number of hydrogen-bond acceptors (Lipinski definition) is 3. The van der Waals surface area contributed by atoms with Crippen molar-refractivity contribution in [2.24, 2.45) is 0 Å². The van der Waals surface area contributed by atoms with Crippen molar-refractivity contribution in [3.8, 4) is 0 Å². The van der Waals surface area contributed by atoms with Gasteiger partial charge < -0.3 is 10.2 Å². The monoisotopic (exact) mass is 375 g/mol. The quantitative estimate of drug-likeness (QED) is 0.753. The Morgan fingerprint density at radius 1 is 1.35 bits per heavy atom. The van der Waals surface area contributed by atoms with Gasteiger partial charge in [0.2, 0.25) is 0 Å². The molecule has 0 aliphatic carbocycles. The van der Waals surface area contributed by atoms with E-state index < -0.39 is 0 Å². The number of hydrogen-bond donors (Lipinski definition) is 1. The summed E-state index contributed by atoms with van der Waals surface area (Å²) in [5, 5.41) is 7.84. The highest BCUT2D eigenvalue weighted by molar-refractivity contribution is 6.30. The van der Waals surface area contributed by atoms with Crippen LogP contribution in [0.3, 0.4) is 0 Å². The normalized spacial score (nSPS) is 17.3. The fraction of sp³-hybridized carbons (Fsp3) is 0.526. The number of piperidine rings is 1. The van der Waals surface area contributed by atoms with Crippen molar-refractivity contribution in [1.82, 2.24) is 25.0 Å². The van der Waals surface area contributed by atoms with Gasteiger partial charge in [-0.1, -0.05) is 17.7 Å². The Morgan fingerprint density at radius 2 is 2.27 bits per heavy atom. The molecule has 2 aromatic heterocycles. The van der Waals surface area contributed by atoms with Gasteiger partial charge in [0.1, 0.15) is 0 Å². The molecule has 0 spiro atoms. The topological polar surface area (TPSA) is 63.1 Å². The predicted molar refractivity (Wildman–Crippen MR) is 102 cm³/mol. The summed E-state index contributed by atoms with van der Waals surface area (Å²) in [6.45, 7) is 2.23. The summed E-state index contributed by atoms with van der Waals surface area (Å²) in [4.78, 5) is 19.0. The van der Waals surface area contributed by atoms with Crippen LogP contribution in [0, 0.1) is 0 Å². The molecule has 26 heavy (non-hydrogen) atoms. The molecule has 1 aliphatic heterocycles. The molecule has 140 valence electrons. The highest BCUT2D eigenvalue weighted by Gasteiger charge is 2.26. The maximum atomic E-state index is 12.6. The predicted octanol–water partition coefficient (Wildman–Crippen LogP) is 3.52. The van der Waals surface area contributed by atoms with Gasteiger partial charge in [-0.15, -0.1) is 0 Å². The zero-order valence-electron chi connectivity index (χ0n) is 15.0. The number of aryl methyl sites for hydroxylation is 2. The largest absolute Gasteiger partial charge is 0.338 e. The van der Waals surface area contributed by atoms with Gasteiger partial charge in [0, 0.05) is 43.8 Å². The average molecular weight is 376 g/mol. The number of rotatable bonds is 7. The first kappa shape index (κ1) is 18.7. The van der Waals surface area contributed by atoms with Crippen LogP contribution in [0.1, 0.15) is 37.8 Å². The summed E-state index contributed by atoms with van der Waals surface area (Å²) in [6, 6.07) is 6.35. The van der Waals surface area contributed by atoms with Crippen molar-refractivity contribution in [3.63, 3.8) is 0 Å². The van der Waals surface area contributed by atoms with Crippen LogP contribution in [-0.2, 0) is 13.0 Å². The van der Waals surface area contributed by atoms with E-state index in [-0.39, 0.29) is 6.03 Å². The molecule has 2 amide bonds. The van der Waals surface area contributed by atoms with E-state index >= 15 is 0 Å². The molecule has 1 atom stereocenters. The fourth-order valence-electron chi connectivity index (χ4n) is 3.43. The smallest absolute Gasteiger partial charge is 0.317 e. The average Bonchev–Trinajstić information content (AvgIpc) is 3.09. The molecular formula is C19H26ClN5O. The van der Waals surface area contributed by atoms with Crippen LogP contribution in [0.15, 0.2) is 36.8 Å². The van der Waals surface area contributed by atoms with E-state index in [4.69, 9.17) is 11.6 Å². The molecule has 0 radical (unpaired) electrons. The molecule has 1 fully saturated rings. The summed E-state index contributed by atoms with van der Waals surface area (Å²) in [6.07, 6.45) is 11.3. The maximum absolute atomic E-state index is 12.6.